The minimum Gasteiger partial charge on any atom is -0.370 e. The normalized spacial score (nSPS) is 10.5. The highest BCUT2D eigenvalue weighted by Crippen LogP contribution is 2.18. The molecule has 1 N–H and O–H groups in total. The first kappa shape index (κ1) is 11.6. The van der Waals surface area contributed by atoms with Gasteiger partial charge in [0.05, 0.1) is 0 Å². The average molecular weight is 231 g/mol. The molecule has 2 rings (SSSR count). The largest absolute Gasteiger partial charge is 0.370 e. The van der Waals surface area contributed by atoms with Crippen molar-refractivity contribution in [2.45, 2.75) is 27.2 Å². The maximum absolute atomic E-state index is 4.32. The molecule has 0 amide bonds. The minimum absolute atomic E-state index is 0.883. The molecule has 0 bridgehead atoms. The third kappa shape index (κ3) is 2.27. The molecule has 0 aliphatic carbocycles. The summed E-state index contributed by atoms with van der Waals surface area (Å²) in [4.78, 5) is 12.8. The van der Waals surface area contributed by atoms with E-state index in [2.05, 4.69) is 27.2 Å². The van der Waals surface area contributed by atoms with Crippen LogP contribution in [0.5, 0.6) is 0 Å². The van der Waals surface area contributed by atoms with E-state index < -0.39 is 0 Å². The quantitative estimate of drug-likeness (QED) is 0.875. The van der Waals surface area contributed by atoms with Crippen LogP contribution < -0.4 is 5.32 Å². The third-order valence-electron chi connectivity index (χ3n) is 2.65. The van der Waals surface area contributed by atoms with Gasteiger partial charge >= 0.3 is 0 Å². The SMILES string of the molecule is CCCNc1ncnc(-n2ccnc2C)c1C. The molecule has 17 heavy (non-hydrogen) atoms. The van der Waals surface area contributed by atoms with Gasteiger partial charge in [-0.2, -0.15) is 0 Å². The van der Waals surface area contributed by atoms with Crippen molar-refractivity contribution in [3.63, 3.8) is 0 Å². The first-order valence-electron chi connectivity index (χ1n) is 5.79. The van der Waals surface area contributed by atoms with Crippen molar-refractivity contribution >= 4 is 5.82 Å². The number of nitrogens with one attached hydrogen (secondary N) is 1. The predicted molar refractivity (Wildman–Crippen MR) is 67.4 cm³/mol. The fraction of sp³-hybridized carbons (Fsp3) is 0.417. The Morgan fingerprint density at radius 2 is 2.06 bits per heavy atom. The number of anilines is 1. The summed E-state index contributed by atoms with van der Waals surface area (Å²) in [6.45, 7) is 7.03. The number of hydrogen-bond donors (Lipinski definition) is 1. The molecule has 2 aromatic heterocycles. The van der Waals surface area contributed by atoms with Gasteiger partial charge in [-0.05, 0) is 20.3 Å². The van der Waals surface area contributed by atoms with E-state index in [0.717, 1.165) is 36.0 Å². The number of hydrogen-bond acceptors (Lipinski definition) is 4. The van der Waals surface area contributed by atoms with Crippen molar-refractivity contribution in [2.75, 3.05) is 11.9 Å². The minimum atomic E-state index is 0.883. The lowest BCUT2D eigenvalue weighted by atomic mass is 10.3. The van der Waals surface area contributed by atoms with E-state index in [-0.39, 0.29) is 0 Å². The lowest BCUT2D eigenvalue weighted by Gasteiger charge is -2.12. The fourth-order valence-electron chi connectivity index (χ4n) is 1.71. The Morgan fingerprint density at radius 1 is 1.24 bits per heavy atom. The molecule has 0 aliphatic rings. The predicted octanol–water partition coefficient (Wildman–Crippen LogP) is 2.10. The molecule has 0 saturated carbocycles. The van der Waals surface area contributed by atoms with E-state index in [9.17, 15) is 0 Å². The Balaban J connectivity index is 2.39. The third-order valence-corrected chi connectivity index (χ3v) is 2.65. The first-order valence-corrected chi connectivity index (χ1v) is 5.79. The van der Waals surface area contributed by atoms with E-state index in [1.54, 1.807) is 12.5 Å². The maximum atomic E-state index is 4.32. The van der Waals surface area contributed by atoms with Gasteiger partial charge in [0.1, 0.15) is 23.8 Å². The van der Waals surface area contributed by atoms with Crippen molar-refractivity contribution in [2.24, 2.45) is 0 Å². The summed E-state index contributed by atoms with van der Waals surface area (Å²) in [7, 11) is 0. The summed E-state index contributed by atoms with van der Waals surface area (Å²) in [6, 6.07) is 0. The highest BCUT2D eigenvalue weighted by molar-refractivity contribution is 5.51. The van der Waals surface area contributed by atoms with Crippen molar-refractivity contribution in [3.8, 4) is 5.82 Å². The Hall–Kier alpha value is -1.91. The summed E-state index contributed by atoms with van der Waals surface area (Å²) in [5, 5.41) is 3.30. The standard InChI is InChI=1S/C12H17N5/c1-4-5-14-11-9(2)12(16-8-15-11)17-7-6-13-10(17)3/h6-8H,4-5H2,1-3H3,(H,14,15,16). The summed E-state index contributed by atoms with van der Waals surface area (Å²) in [5.41, 5.74) is 1.04. The van der Waals surface area contributed by atoms with Crippen LogP contribution in [0.4, 0.5) is 5.82 Å². The second-order valence-electron chi connectivity index (χ2n) is 3.94. The number of aromatic nitrogens is 4. The van der Waals surface area contributed by atoms with Gasteiger partial charge in [-0.15, -0.1) is 0 Å². The molecular weight excluding hydrogens is 214 g/mol. The Bertz CT molecular complexity index is 503. The van der Waals surface area contributed by atoms with Crippen molar-refractivity contribution < 1.29 is 0 Å². The first-order chi connectivity index (χ1) is 8.24. The second-order valence-corrected chi connectivity index (χ2v) is 3.94. The zero-order valence-corrected chi connectivity index (χ0v) is 10.4. The Kier molecular flexibility index (Phi) is 3.37. The van der Waals surface area contributed by atoms with Gasteiger partial charge in [-0.1, -0.05) is 6.92 Å². The molecule has 0 radical (unpaired) electrons. The molecule has 0 aromatic carbocycles. The van der Waals surface area contributed by atoms with Gasteiger partial charge in [-0.25, -0.2) is 15.0 Å². The molecule has 5 nitrogen and oxygen atoms in total. The van der Waals surface area contributed by atoms with E-state index in [0.29, 0.717) is 0 Å². The molecule has 5 heteroatoms. The van der Waals surface area contributed by atoms with Crippen molar-refractivity contribution in [1.82, 2.24) is 19.5 Å². The average Bonchev–Trinajstić information content (AvgIpc) is 2.74. The van der Waals surface area contributed by atoms with Gasteiger partial charge in [0.25, 0.3) is 0 Å². The monoisotopic (exact) mass is 231 g/mol. The molecule has 0 saturated heterocycles. The summed E-state index contributed by atoms with van der Waals surface area (Å²) in [6.07, 6.45) is 6.34. The van der Waals surface area contributed by atoms with E-state index in [1.165, 1.54) is 0 Å². The number of imidazole rings is 1. The zero-order valence-electron chi connectivity index (χ0n) is 10.4. The molecule has 2 heterocycles. The topological polar surface area (TPSA) is 55.6 Å². The molecular formula is C12H17N5. The highest BCUT2D eigenvalue weighted by Gasteiger charge is 2.09. The highest BCUT2D eigenvalue weighted by atomic mass is 15.1. The van der Waals surface area contributed by atoms with Crippen LogP contribution in [0.1, 0.15) is 24.7 Å². The van der Waals surface area contributed by atoms with Crippen LogP contribution in [0, 0.1) is 13.8 Å². The summed E-state index contributed by atoms with van der Waals surface area (Å²) in [5.74, 6) is 2.70. The molecule has 0 atom stereocenters. The number of aryl methyl sites for hydroxylation is 1. The smallest absolute Gasteiger partial charge is 0.146 e. The lowest BCUT2D eigenvalue weighted by molar-refractivity contribution is 0.897. The summed E-state index contributed by atoms with van der Waals surface area (Å²) >= 11 is 0. The molecule has 0 spiro atoms. The molecule has 2 aromatic rings. The maximum Gasteiger partial charge on any atom is 0.146 e. The fourth-order valence-corrected chi connectivity index (χ4v) is 1.71. The molecule has 0 aliphatic heterocycles. The molecule has 0 fully saturated rings. The van der Waals surface area contributed by atoms with Crippen LogP contribution >= 0.6 is 0 Å². The van der Waals surface area contributed by atoms with E-state index >= 15 is 0 Å². The number of nitrogens with zero attached hydrogens (tertiary/aromatic N) is 4. The van der Waals surface area contributed by atoms with Gasteiger partial charge in [0.15, 0.2) is 0 Å². The second kappa shape index (κ2) is 4.95. The van der Waals surface area contributed by atoms with Crippen LogP contribution in [-0.4, -0.2) is 26.1 Å². The van der Waals surface area contributed by atoms with E-state index in [4.69, 9.17) is 0 Å². The molecule has 0 unspecified atom stereocenters. The van der Waals surface area contributed by atoms with Crippen LogP contribution in [0.15, 0.2) is 18.7 Å². The van der Waals surface area contributed by atoms with Crippen molar-refractivity contribution in [3.05, 3.63) is 30.1 Å². The van der Waals surface area contributed by atoms with Crippen molar-refractivity contribution in [1.29, 1.82) is 0 Å². The molecule has 90 valence electrons. The van der Waals surface area contributed by atoms with Gasteiger partial charge in [-0.3, -0.25) is 4.57 Å². The van der Waals surface area contributed by atoms with Crippen LogP contribution in [0.3, 0.4) is 0 Å². The Morgan fingerprint density at radius 3 is 2.71 bits per heavy atom. The number of rotatable bonds is 4. The zero-order chi connectivity index (χ0) is 12.3. The van der Waals surface area contributed by atoms with Gasteiger partial charge in [0, 0.05) is 24.5 Å². The van der Waals surface area contributed by atoms with Gasteiger partial charge in [0.2, 0.25) is 0 Å². The summed E-state index contributed by atoms with van der Waals surface area (Å²) < 4.78 is 1.97. The lowest BCUT2D eigenvalue weighted by Crippen LogP contribution is -2.09. The Labute approximate surface area is 101 Å². The van der Waals surface area contributed by atoms with E-state index in [1.807, 2.05) is 24.6 Å². The van der Waals surface area contributed by atoms with Gasteiger partial charge < -0.3 is 5.32 Å². The van der Waals surface area contributed by atoms with Crippen LogP contribution in [-0.2, 0) is 0 Å². The van der Waals surface area contributed by atoms with Crippen LogP contribution in [0.25, 0.3) is 5.82 Å². The van der Waals surface area contributed by atoms with Crippen LogP contribution in [0.2, 0.25) is 0 Å².